The van der Waals surface area contributed by atoms with Crippen LogP contribution in [-0.2, 0) is 0 Å². The van der Waals surface area contributed by atoms with Crippen LogP contribution >= 0.6 is 0 Å². The number of carbonyl (C=O) groups excluding carboxylic acids is 1. The van der Waals surface area contributed by atoms with Gasteiger partial charge in [0.1, 0.15) is 5.82 Å². The van der Waals surface area contributed by atoms with Crippen molar-refractivity contribution in [1.29, 1.82) is 0 Å². The lowest BCUT2D eigenvalue weighted by atomic mass is 9.84. The lowest BCUT2D eigenvalue weighted by molar-refractivity contribution is 0.0916. The molecule has 4 heteroatoms. The summed E-state index contributed by atoms with van der Waals surface area (Å²) in [6.45, 7) is 2.17. The minimum absolute atomic E-state index is 0.0199. The molecular weight excluding hydrogens is 274 g/mol. The first-order valence-electron chi connectivity index (χ1n) is 8.73. The fourth-order valence-corrected chi connectivity index (χ4v) is 4.42. The van der Waals surface area contributed by atoms with Crippen LogP contribution in [0.3, 0.4) is 0 Å². The van der Waals surface area contributed by atoms with Gasteiger partial charge in [0.2, 0.25) is 0 Å². The largest absolute Gasteiger partial charge is 0.367 e. The third-order valence-electron chi connectivity index (χ3n) is 5.76. The van der Waals surface area contributed by atoms with Crippen LogP contribution in [0.1, 0.15) is 55.8 Å². The van der Waals surface area contributed by atoms with Crippen molar-refractivity contribution < 1.29 is 4.79 Å². The molecule has 4 rings (SSSR count). The van der Waals surface area contributed by atoms with Gasteiger partial charge in [-0.1, -0.05) is 6.42 Å². The predicted molar refractivity (Wildman–Crippen MR) is 86.7 cm³/mol. The number of fused-ring (bicyclic) bond motifs is 2. The summed E-state index contributed by atoms with van der Waals surface area (Å²) in [4.78, 5) is 17.0. The van der Waals surface area contributed by atoms with Gasteiger partial charge in [0.05, 0.1) is 5.56 Å². The molecule has 0 aliphatic heterocycles. The summed E-state index contributed by atoms with van der Waals surface area (Å²) in [7, 11) is 0. The number of pyridine rings is 1. The van der Waals surface area contributed by atoms with Crippen molar-refractivity contribution in [3.8, 4) is 0 Å². The van der Waals surface area contributed by atoms with Crippen LogP contribution in [-0.4, -0.2) is 23.0 Å². The van der Waals surface area contributed by atoms with Crippen LogP contribution in [0.5, 0.6) is 0 Å². The Morgan fingerprint density at radius 3 is 2.82 bits per heavy atom. The van der Waals surface area contributed by atoms with E-state index in [1.807, 2.05) is 12.1 Å². The molecule has 4 unspecified atom stereocenters. The minimum atomic E-state index is 0.0199. The highest BCUT2D eigenvalue weighted by Gasteiger charge is 2.42. The van der Waals surface area contributed by atoms with E-state index in [4.69, 9.17) is 0 Å². The lowest BCUT2D eigenvalue weighted by Gasteiger charge is -2.28. The summed E-state index contributed by atoms with van der Waals surface area (Å²) >= 11 is 0. The molecule has 1 amide bonds. The predicted octanol–water partition coefficient (Wildman–Crippen LogP) is 3.21. The smallest absolute Gasteiger partial charge is 0.255 e. The summed E-state index contributed by atoms with van der Waals surface area (Å²) in [5.41, 5.74) is 0.685. The van der Waals surface area contributed by atoms with E-state index in [2.05, 4.69) is 22.5 Å². The molecule has 0 radical (unpaired) electrons. The first kappa shape index (κ1) is 14.0. The average Bonchev–Trinajstić information content (AvgIpc) is 3.09. The van der Waals surface area contributed by atoms with Crippen molar-refractivity contribution in [1.82, 2.24) is 10.3 Å². The first-order chi connectivity index (χ1) is 10.7. The number of carbonyl (C=O) groups is 1. The van der Waals surface area contributed by atoms with Gasteiger partial charge in [-0.25, -0.2) is 4.98 Å². The van der Waals surface area contributed by atoms with Gasteiger partial charge in [-0.05, 0) is 68.9 Å². The maximum Gasteiger partial charge on any atom is 0.255 e. The number of amides is 1. The highest BCUT2D eigenvalue weighted by molar-refractivity contribution is 5.98. The number of hydrogen-bond donors (Lipinski definition) is 2. The molecule has 0 spiro atoms. The van der Waals surface area contributed by atoms with E-state index in [0.29, 0.717) is 17.5 Å². The molecule has 3 aliphatic rings. The van der Waals surface area contributed by atoms with Crippen molar-refractivity contribution in [3.05, 3.63) is 23.9 Å². The maximum absolute atomic E-state index is 12.6. The normalized spacial score (nSPS) is 31.0. The van der Waals surface area contributed by atoms with E-state index in [-0.39, 0.29) is 11.9 Å². The van der Waals surface area contributed by atoms with Gasteiger partial charge in [-0.15, -0.1) is 0 Å². The molecule has 118 valence electrons. The van der Waals surface area contributed by atoms with E-state index in [9.17, 15) is 4.79 Å². The molecule has 1 aromatic rings. The van der Waals surface area contributed by atoms with Crippen molar-refractivity contribution in [3.63, 3.8) is 0 Å². The van der Waals surface area contributed by atoms with Crippen LogP contribution in [0.15, 0.2) is 18.3 Å². The Kier molecular flexibility index (Phi) is 3.55. The van der Waals surface area contributed by atoms with Crippen molar-refractivity contribution in [2.24, 2.45) is 17.8 Å². The minimum Gasteiger partial charge on any atom is -0.367 e. The van der Waals surface area contributed by atoms with Gasteiger partial charge in [-0.3, -0.25) is 4.79 Å². The summed E-state index contributed by atoms with van der Waals surface area (Å²) in [6, 6.07) is 4.48. The number of nitrogens with one attached hydrogen (secondary N) is 2. The van der Waals surface area contributed by atoms with E-state index in [1.165, 1.54) is 38.5 Å². The van der Waals surface area contributed by atoms with Crippen molar-refractivity contribution >= 4 is 11.7 Å². The Hall–Kier alpha value is -1.58. The fourth-order valence-electron chi connectivity index (χ4n) is 4.42. The second kappa shape index (κ2) is 5.56. The molecule has 22 heavy (non-hydrogen) atoms. The lowest BCUT2D eigenvalue weighted by Crippen LogP contribution is -2.40. The Balaban J connectivity index is 1.43. The zero-order chi connectivity index (χ0) is 15.1. The van der Waals surface area contributed by atoms with Crippen LogP contribution in [0, 0.1) is 17.8 Å². The Labute approximate surface area is 132 Å². The quantitative estimate of drug-likeness (QED) is 0.878. The first-order valence-corrected chi connectivity index (χ1v) is 8.73. The molecule has 3 fully saturated rings. The molecule has 4 nitrogen and oxygen atoms in total. The molecule has 4 atom stereocenters. The van der Waals surface area contributed by atoms with Gasteiger partial charge in [0.25, 0.3) is 5.91 Å². The molecule has 1 heterocycles. The molecular formula is C18H25N3O. The van der Waals surface area contributed by atoms with E-state index in [0.717, 1.165) is 17.7 Å². The van der Waals surface area contributed by atoms with E-state index in [1.54, 1.807) is 6.20 Å². The number of rotatable bonds is 5. The monoisotopic (exact) mass is 299 g/mol. The number of hydrogen-bond acceptors (Lipinski definition) is 3. The SMILES string of the molecule is CC(NC(=O)c1cccnc1NC1CC1)C1CC2CCC1C2. The Bertz CT molecular complexity index is 569. The van der Waals surface area contributed by atoms with Gasteiger partial charge in [0, 0.05) is 18.3 Å². The molecule has 3 saturated carbocycles. The molecule has 2 N–H and O–H groups in total. The van der Waals surface area contributed by atoms with E-state index >= 15 is 0 Å². The highest BCUT2D eigenvalue weighted by atomic mass is 16.1. The summed E-state index contributed by atoms with van der Waals surface area (Å²) in [6.07, 6.45) is 9.55. The van der Waals surface area contributed by atoms with Crippen molar-refractivity contribution in [2.75, 3.05) is 5.32 Å². The summed E-state index contributed by atoms with van der Waals surface area (Å²) < 4.78 is 0. The molecule has 1 aromatic heterocycles. The zero-order valence-electron chi connectivity index (χ0n) is 13.2. The second-order valence-electron chi connectivity index (χ2n) is 7.42. The van der Waals surface area contributed by atoms with Crippen LogP contribution in [0.25, 0.3) is 0 Å². The van der Waals surface area contributed by atoms with Crippen molar-refractivity contribution in [2.45, 2.75) is 57.5 Å². The molecule has 3 aliphatic carbocycles. The summed E-state index contributed by atoms with van der Waals surface area (Å²) in [5, 5.41) is 6.60. The maximum atomic E-state index is 12.6. The number of anilines is 1. The topological polar surface area (TPSA) is 54.0 Å². The van der Waals surface area contributed by atoms with Gasteiger partial charge >= 0.3 is 0 Å². The second-order valence-corrected chi connectivity index (χ2v) is 7.42. The molecule has 0 saturated heterocycles. The van der Waals surface area contributed by atoms with Crippen LogP contribution < -0.4 is 10.6 Å². The Morgan fingerprint density at radius 2 is 2.14 bits per heavy atom. The molecule has 0 aromatic carbocycles. The van der Waals surface area contributed by atoms with Crippen LogP contribution in [0.2, 0.25) is 0 Å². The Morgan fingerprint density at radius 1 is 1.27 bits per heavy atom. The van der Waals surface area contributed by atoms with Crippen LogP contribution in [0.4, 0.5) is 5.82 Å². The van der Waals surface area contributed by atoms with Gasteiger partial charge in [-0.2, -0.15) is 0 Å². The third kappa shape index (κ3) is 2.71. The van der Waals surface area contributed by atoms with Gasteiger partial charge < -0.3 is 10.6 Å². The fraction of sp³-hybridized carbons (Fsp3) is 0.667. The number of aromatic nitrogens is 1. The third-order valence-corrected chi connectivity index (χ3v) is 5.76. The number of nitrogens with zero attached hydrogens (tertiary/aromatic N) is 1. The zero-order valence-corrected chi connectivity index (χ0v) is 13.2. The average molecular weight is 299 g/mol. The van der Waals surface area contributed by atoms with E-state index < -0.39 is 0 Å². The standard InChI is InChI=1S/C18H25N3O/c1-11(16-10-12-4-5-13(16)9-12)20-18(22)15-3-2-8-19-17(15)21-14-6-7-14/h2-3,8,11-14,16H,4-7,9-10H2,1H3,(H,19,21)(H,20,22). The van der Waals surface area contributed by atoms with Gasteiger partial charge in [0.15, 0.2) is 0 Å². The molecule has 2 bridgehead atoms. The highest BCUT2D eigenvalue weighted by Crippen LogP contribution is 2.49. The summed E-state index contributed by atoms with van der Waals surface area (Å²) in [5.74, 6) is 3.17.